The van der Waals surface area contributed by atoms with E-state index in [9.17, 15) is 120 Å². The highest BCUT2D eigenvalue weighted by molar-refractivity contribution is 5.69. The van der Waals surface area contributed by atoms with Crippen LogP contribution in [0.4, 0.5) is 115 Å². The summed E-state index contributed by atoms with van der Waals surface area (Å²) in [5.41, 5.74) is -9.49. The van der Waals surface area contributed by atoms with Crippen molar-refractivity contribution >= 4 is 18.3 Å². The number of ether oxygens (including phenoxy) is 10. The first-order chi connectivity index (χ1) is 39.9. The molecule has 1 fully saturated rings. The highest BCUT2D eigenvalue weighted by Crippen LogP contribution is 2.58. The average molecular weight is 1320 g/mol. The molecule has 88 heavy (non-hydrogen) atoms. The van der Waals surface area contributed by atoms with E-state index in [2.05, 4.69) is 28.4 Å². The summed E-state index contributed by atoms with van der Waals surface area (Å²) in [6.45, 7) is -3.84. The molecule has 492 valence electrons. The van der Waals surface area contributed by atoms with E-state index in [1.807, 2.05) is 12.1 Å². The van der Waals surface area contributed by atoms with Gasteiger partial charge in [-0.3, -0.25) is 4.79 Å². The molecule has 0 aliphatic heterocycles. The van der Waals surface area contributed by atoms with Gasteiger partial charge in [-0.1, -0.05) is 67.8 Å². The van der Waals surface area contributed by atoms with Crippen molar-refractivity contribution in [2.45, 2.75) is 131 Å². The van der Waals surface area contributed by atoms with Gasteiger partial charge in [-0.05, 0) is 97.5 Å². The van der Waals surface area contributed by atoms with Gasteiger partial charge in [0.15, 0.2) is 18.9 Å². The summed E-state index contributed by atoms with van der Waals surface area (Å²) in [6.07, 6.45) is -67.4. The van der Waals surface area contributed by atoms with E-state index < -0.39 is 115 Å². The van der Waals surface area contributed by atoms with Gasteiger partial charge in [-0.25, -0.2) is 37.3 Å². The fraction of sp³-hybridized carbons (Fsp3) is 0.471. The number of carbonyl (C=O) groups is 3. The van der Waals surface area contributed by atoms with Crippen molar-refractivity contribution < 1.29 is 167 Å². The van der Waals surface area contributed by atoms with Gasteiger partial charge >= 0.3 is 85.2 Å². The van der Waals surface area contributed by atoms with E-state index in [0.29, 0.717) is 22.6 Å². The highest BCUT2D eigenvalue weighted by Gasteiger charge is 2.88. The normalized spacial score (nSPS) is 15.1. The third-order valence-electron chi connectivity index (χ3n) is 11.8. The number of rotatable bonds is 23. The monoisotopic (exact) mass is 1320 g/mol. The molecule has 0 N–H and O–H groups in total. The van der Waals surface area contributed by atoms with Crippen LogP contribution >= 0.6 is 0 Å². The van der Waals surface area contributed by atoms with Crippen molar-refractivity contribution in [2.75, 3.05) is 20.3 Å². The molecule has 4 aromatic rings. The molecule has 1 aliphatic carbocycles. The average Bonchev–Trinajstić information content (AvgIpc) is 0.844. The van der Waals surface area contributed by atoms with Gasteiger partial charge in [0, 0.05) is 12.3 Å². The fourth-order valence-electron chi connectivity index (χ4n) is 7.46. The molecule has 0 saturated heterocycles. The van der Waals surface area contributed by atoms with Crippen LogP contribution in [0.2, 0.25) is 0 Å². The summed E-state index contributed by atoms with van der Waals surface area (Å²) in [5.74, 6) is -0.225. The second kappa shape index (κ2) is 26.5. The van der Waals surface area contributed by atoms with Gasteiger partial charge < -0.3 is 28.4 Å². The Morgan fingerprint density at radius 2 is 0.705 bits per heavy atom. The molecule has 0 bridgehead atoms. The number of halogens is 24. The number of methoxy groups -OCH3 is 1. The number of hydrogen-bond donors (Lipinski definition) is 0. The molecule has 0 unspecified atom stereocenters. The predicted octanol–water partition coefficient (Wildman–Crippen LogP) is 16.6. The van der Waals surface area contributed by atoms with Crippen LogP contribution in [0.5, 0.6) is 23.0 Å². The maximum Gasteiger partial charge on any atom is 0.514 e. The van der Waals surface area contributed by atoms with E-state index in [-0.39, 0.29) is 19.6 Å². The van der Waals surface area contributed by atoms with E-state index >= 15 is 0 Å². The fourth-order valence-corrected chi connectivity index (χ4v) is 7.46. The zero-order valence-electron chi connectivity index (χ0n) is 44.6. The SMILES string of the molecule is CC(=O)Oc1ccc(C2(c3ccc(OC(=O)OCC(F)(F)OC(F)(F)C(F)(F)OC(F)(F)C(C)(C)F)cc3)CCCCC2)cc1.COc1ccc(-c2ccc(OC(=O)OCC(F)(F)OC(F)(F)C(F)(F)OC(F)(F)C(F)(C(F)(F)F)C(F)(F)F)cc2)cc1. The Morgan fingerprint density at radius 3 is 1.02 bits per heavy atom. The van der Waals surface area contributed by atoms with E-state index in [4.69, 9.17) is 14.2 Å². The minimum absolute atomic E-state index is 0.0184. The standard InChI is InChI=1S/C29H29F9O7.C22H13F15O6/c1-18(39)42-21-11-7-19(8-12-21)25(15-5-4-6-16-25)20-9-13-22(14-10-20)43-23(40)41-17-26(31,32)44-28(35,36)29(37,38)45-27(33,34)24(2,3)30;1-39-13-6-2-11(3-7-13)12-4-8-14(9-5-12)41-15(38)40-10-16(23,24)42-21(34,35)22(36,37)43-20(32,33)17(25,18(26,27)28)19(29,30)31/h7-14H,4-6,15-17H2,1-3H3;2-9H,10H2,1H3. The van der Waals surface area contributed by atoms with Crippen LogP contribution in [0.1, 0.15) is 64.0 Å². The molecule has 13 nitrogen and oxygen atoms in total. The van der Waals surface area contributed by atoms with Gasteiger partial charge in [0.2, 0.25) is 0 Å². The number of hydrogen-bond acceptors (Lipinski definition) is 13. The molecule has 0 radical (unpaired) electrons. The quantitative estimate of drug-likeness (QED) is 0.0301. The molecular weight excluding hydrogens is 1280 g/mol. The largest absolute Gasteiger partial charge is 0.514 e. The van der Waals surface area contributed by atoms with Gasteiger partial charge in [0.05, 0.1) is 7.11 Å². The van der Waals surface area contributed by atoms with Crippen molar-refractivity contribution in [3.8, 4) is 34.1 Å². The summed E-state index contributed by atoms with van der Waals surface area (Å²) in [5, 5.41) is 0. The van der Waals surface area contributed by atoms with Crippen LogP contribution in [0.15, 0.2) is 97.1 Å². The summed E-state index contributed by atoms with van der Waals surface area (Å²) in [4.78, 5) is 34.7. The van der Waals surface area contributed by atoms with Crippen molar-refractivity contribution in [3.05, 3.63) is 108 Å². The smallest absolute Gasteiger partial charge is 0.497 e. The molecule has 0 heterocycles. The molecule has 4 aromatic carbocycles. The first-order valence-corrected chi connectivity index (χ1v) is 24.1. The van der Waals surface area contributed by atoms with Crippen molar-refractivity contribution in [3.63, 3.8) is 0 Å². The second-order valence-corrected chi connectivity index (χ2v) is 18.7. The van der Waals surface area contributed by atoms with E-state index in [1.54, 1.807) is 48.5 Å². The van der Waals surface area contributed by atoms with Crippen molar-refractivity contribution in [1.29, 1.82) is 0 Å². The first kappa shape index (κ1) is 73.3. The minimum atomic E-state index is -8.02. The number of esters is 1. The number of carbonyl (C=O) groups excluding carboxylic acids is 3. The Labute approximate surface area is 478 Å². The Balaban J connectivity index is 0.000000377. The molecule has 37 heteroatoms. The number of alkyl halides is 24. The molecular formula is C51H42F24O13. The van der Waals surface area contributed by atoms with Gasteiger partial charge in [0.25, 0.3) is 0 Å². The maximum absolute atomic E-state index is 13.9. The van der Waals surface area contributed by atoms with Crippen molar-refractivity contribution in [1.82, 2.24) is 0 Å². The molecule has 0 spiro atoms. The zero-order valence-corrected chi connectivity index (χ0v) is 44.6. The van der Waals surface area contributed by atoms with Crippen LogP contribution in [0.25, 0.3) is 11.1 Å². The molecule has 0 aromatic heterocycles. The van der Waals surface area contributed by atoms with Crippen LogP contribution in [-0.4, -0.2) is 111 Å². The third kappa shape index (κ3) is 18.0. The summed E-state index contributed by atoms with van der Waals surface area (Å²) in [7, 11) is 1.42. The maximum atomic E-state index is 13.9. The van der Waals surface area contributed by atoms with Crippen LogP contribution in [-0.2, 0) is 38.6 Å². The second-order valence-electron chi connectivity index (χ2n) is 18.7. The lowest BCUT2D eigenvalue weighted by Gasteiger charge is -2.38. The van der Waals surface area contributed by atoms with Gasteiger partial charge in [-0.15, -0.1) is 0 Å². The highest BCUT2D eigenvalue weighted by atomic mass is 19.4. The summed E-state index contributed by atoms with van der Waals surface area (Å²) >= 11 is 0. The summed E-state index contributed by atoms with van der Waals surface area (Å²) < 4.78 is 354. The Hall–Kier alpha value is -7.15. The Morgan fingerprint density at radius 1 is 0.398 bits per heavy atom. The lowest BCUT2D eigenvalue weighted by atomic mass is 9.65. The van der Waals surface area contributed by atoms with Crippen LogP contribution in [0, 0.1) is 0 Å². The van der Waals surface area contributed by atoms with Crippen LogP contribution in [0.3, 0.4) is 0 Å². The van der Waals surface area contributed by atoms with Crippen molar-refractivity contribution in [2.24, 2.45) is 0 Å². The predicted molar refractivity (Wildman–Crippen MR) is 245 cm³/mol. The van der Waals surface area contributed by atoms with E-state index in [1.165, 1.54) is 43.0 Å². The lowest BCUT2D eigenvalue weighted by molar-refractivity contribution is -0.544. The molecule has 1 aliphatic rings. The zero-order chi connectivity index (χ0) is 67.2. The Kier molecular flexibility index (Phi) is 22.1. The first-order valence-electron chi connectivity index (χ1n) is 24.1. The lowest BCUT2D eigenvalue weighted by Crippen LogP contribution is -2.68. The minimum Gasteiger partial charge on any atom is -0.497 e. The van der Waals surface area contributed by atoms with Gasteiger partial charge in [0.1, 0.15) is 23.0 Å². The van der Waals surface area contributed by atoms with E-state index in [0.717, 1.165) is 55.4 Å². The molecule has 5 rings (SSSR count). The van der Waals surface area contributed by atoms with Gasteiger partial charge in [-0.2, -0.15) is 96.6 Å². The third-order valence-corrected chi connectivity index (χ3v) is 11.8. The van der Waals surface area contributed by atoms with Crippen LogP contribution < -0.4 is 18.9 Å². The molecule has 1 saturated carbocycles. The molecule has 0 amide bonds. The number of benzene rings is 4. The Bertz CT molecular complexity index is 2950. The topological polar surface area (TPSA) is 144 Å². The molecule has 0 atom stereocenters. The summed E-state index contributed by atoms with van der Waals surface area (Å²) in [6, 6.07) is 24.1.